The SMILES string of the molecule is CSC(=O)C=Cc1ccccc1. The monoisotopic (exact) mass is 178 g/mol. The number of hydrogen-bond donors (Lipinski definition) is 0. The predicted octanol–water partition coefficient (Wildman–Crippen LogP) is 2.59. The van der Waals surface area contributed by atoms with Gasteiger partial charge in [0.1, 0.15) is 0 Å². The maximum atomic E-state index is 10.9. The summed E-state index contributed by atoms with van der Waals surface area (Å²) in [4.78, 5) is 10.9. The highest BCUT2D eigenvalue weighted by Crippen LogP contribution is 2.03. The highest BCUT2D eigenvalue weighted by molar-refractivity contribution is 8.13. The summed E-state index contributed by atoms with van der Waals surface area (Å²) < 4.78 is 0. The van der Waals surface area contributed by atoms with Gasteiger partial charge in [-0.2, -0.15) is 0 Å². The molecule has 0 aliphatic heterocycles. The minimum absolute atomic E-state index is 0.0823. The van der Waals surface area contributed by atoms with Crippen molar-refractivity contribution in [1.82, 2.24) is 0 Å². The zero-order valence-corrected chi connectivity index (χ0v) is 7.67. The first-order valence-corrected chi connectivity index (χ1v) is 4.86. The van der Waals surface area contributed by atoms with Crippen molar-refractivity contribution in [1.29, 1.82) is 0 Å². The van der Waals surface area contributed by atoms with Crippen LogP contribution in [-0.4, -0.2) is 11.4 Å². The third kappa shape index (κ3) is 2.93. The van der Waals surface area contributed by atoms with E-state index in [1.807, 2.05) is 36.4 Å². The standard InChI is InChI=1S/C10H10OS/c1-12-10(11)8-7-9-5-3-2-4-6-9/h2-8H,1H3. The molecule has 62 valence electrons. The van der Waals surface area contributed by atoms with E-state index in [1.165, 1.54) is 11.8 Å². The minimum Gasteiger partial charge on any atom is -0.282 e. The molecule has 1 aromatic rings. The first kappa shape index (κ1) is 9.07. The van der Waals surface area contributed by atoms with Crippen LogP contribution in [0.25, 0.3) is 6.08 Å². The van der Waals surface area contributed by atoms with Crippen LogP contribution in [0, 0.1) is 0 Å². The molecule has 0 N–H and O–H groups in total. The molecule has 0 heterocycles. The Balaban J connectivity index is 2.64. The Labute approximate surface area is 76.5 Å². The van der Waals surface area contributed by atoms with Gasteiger partial charge in [0.2, 0.25) is 5.12 Å². The zero-order chi connectivity index (χ0) is 8.81. The molecule has 1 rings (SSSR count). The topological polar surface area (TPSA) is 17.1 Å². The van der Waals surface area contributed by atoms with E-state index in [0.717, 1.165) is 5.56 Å². The summed E-state index contributed by atoms with van der Waals surface area (Å²) in [6, 6.07) is 9.77. The Bertz CT molecular complexity index is 277. The lowest BCUT2D eigenvalue weighted by molar-refractivity contribution is -0.106. The molecule has 0 aliphatic rings. The van der Waals surface area contributed by atoms with E-state index in [2.05, 4.69) is 0 Å². The Morgan fingerprint density at radius 1 is 1.33 bits per heavy atom. The van der Waals surface area contributed by atoms with Gasteiger partial charge in [-0.3, -0.25) is 4.79 Å². The second-order valence-corrected chi connectivity index (χ2v) is 3.08. The van der Waals surface area contributed by atoms with Crippen LogP contribution in [0.1, 0.15) is 5.56 Å². The summed E-state index contributed by atoms with van der Waals surface area (Å²) in [6.45, 7) is 0. The molecular formula is C10H10OS. The fourth-order valence-corrected chi connectivity index (χ4v) is 1.00. The third-order valence-corrected chi connectivity index (χ3v) is 1.95. The lowest BCUT2D eigenvalue weighted by atomic mass is 10.2. The van der Waals surface area contributed by atoms with Gasteiger partial charge in [-0.15, -0.1) is 0 Å². The molecule has 0 fully saturated rings. The second-order valence-electron chi connectivity index (χ2n) is 2.27. The Kier molecular flexibility index (Phi) is 3.61. The van der Waals surface area contributed by atoms with E-state index in [4.69, 9.17) is 0 Å². The molecule has 0 aliphatic carbocycles. The Hall–Kier alpha value is -1.02. The molecule has 1 nitrogen and oxygen atoms in total. The lowest BCUT2D eigenvalue weighted by Crippen LogP contribution is -1.80. The summed E-state index contributed by atoms with van der Waals surface area (Å²) in [7, 11) is 0. The van der Waals surface area contributed by atoms with Crippen molar-refractivity contribution >= 4 is 23.0 Å². The van der Waals surface area contributed by atoms with E-state index in [-0.39, 0.29) is 5.12 Å². The molecule has 0 spiro atoms. The van der Waals surface area contributed by atoms with E-state index in [0.29, 0.717) is 0 Å². The lowest BCUT2D eigenvalue weighted by Gasteiger charge is -1.89. The molecule has 0 bridgehead atoms. The molecule has 1 aromatic carbocycles. The summed E-state index contributed by atoms with van der Waals surface area (Å²) in [6.07, 6.45) is 5.18. The van der Waals surface area contributed by atoms with Crippen LogP contribution in [0.4, 0.5) is 0 Å². The zero-order valence-electron chi connectivity index (χ0n) is 6.86. The molecule has 0 atom stereocenters. The smallest absolute Gasteiger partial charge is 0.211 e. The largest absolute Gasteiger partial charge is 0.282 e. The molecule has 2 heteroatoms. The van der Waals surface area contributed by atoms with Crippen LogP contribution < -0.4 is 0 Å². The van der Waals surface area contributed by atoms with Crippen molar-refractivity contribution in [2.45, 2.75) is 0 Å². The molecule has 12 heavy (non-hydrogen) atoms. The number of hydrogen-bond acceptors (Lipinski definition) is 2. The maximum Gasteiger partial charge on any atom is 0.211 e. The van der Waals surface area contributed by atoms with Crippen LogP contribution in [0.2, 0.25) is 0 Å². The number of thioether (sulfide) groups is 1. The van der Waals surface area contributed by atoms with Gasteiger partial charge < -0.3 is 0 Å². The van der Waals surface area contributed by atoms with Crippen molar-refractivity contribution in [2.75, 3.05) is 6.26 Å². The van der Waals surface area contributed by atoms with Crippen LogP contribution in [-0.2, 0) is 4.79 Å². The van der Waals surface area contributed by atoms with Gasteiger partial charge in [0.25, 0.3) is 0 Å². The highest BCUT2D eigenvalue weighted by Gasteiger charge is 1.89. The van der Waals surface area contributed by atoms with E-state index in [1.54, 1.807) is 12.3 Å². The van der Waals surface area contributed by atoms with Crippen molar-refractivity contribution < 1.29 is 4.79 Å². The van der Waals surface area contributed by atoms with Gasteiger partial charge >= 0.3 is 0 Å². The molecule has 0 saturated carbocycles. The first-order chi connectivity index (χ1) is 5.83. The number of rotatable bonds is 2. The summed E-state index contributed by atoms with van der Waals surface area (Å²) in [5, 5.41) is 0.0823. The molecule has 0 saturated heterocycles. The predicted molar refractivity (Wildman–Crippen MR) is 54.0 cm³/mol. The van der Waals surface area contributed by atoms with Crippen LogP contribution in [0.5, 0.6) is 0 Å². The van der Waals surface area contributed by atoms with Crippen LogP contribution >= 0.6 is 11.8 Å². The highest BCUT2D eigenvalue weighted by atomic mass is 32.2. The number of carbonyl (C=O) groups excluding carboxylic acids is 1. The molecule has 0 radical (unpaired) electrons. The van der Waals surface area contributed by atoms with Gasteiger partial charge in [-0.1, -0.05) is 48.2 Å². The van der Waals surface area contributed by atoms with Gasteiger partial charge in [-0.05, 0) is 17.9 Å². The van der Waals surface area contributed by atoms with E-state index >= 15 is 0 Å². The molecule has 0 unspecified atom stereocenters. The normalized spacial score (nSPS) is 10.4. The quantitative estimate of drug-likeness (QED) is 0.647. The van der Waals surface area contributed by atoms with Gasteiger partial charge in [0, 0.05) is 0 Å². The summed E-state index contributed by atoms with van der Waals surface area (Å²) >= 11 is 1.22. The number of benzene rings is 1. The summed E-state index contributed by atoms with van der Waals surface area (Å²) in [5.74, 6) is 0. The van der Waals surface area contributed by atoms with E-state index in [9.17, 15) is 4.79 Å². The summed E-state index contributed by atoms with van der Waals surface area (Å²) in [5.41, 5.74) is 1.06. The van der Waals surface area contributed by atoms with Crippen molar-refractivity contribution in [3.63, 3.8) is 0 Å². The Morgan fingerprint density at radius 2 is 2.00 bits per heavy atom. The molecule has 0 amide bonds. The molecule has 0 aromatic heterocycles. The van der Waals surface area contributed by atoms with Crippen molar-refractivity contribution in [2.24, 2.45) is 0 Å². The third-order valence-electron chi connectivity index (χ3n) is 1.41. The second kappa shape index (κ2) is 4.78. The van der Waals surface area contributed by atoms with Crippen molar-refractivity contribution in [3.05, 3.63) is 42.0 Å². The molecular weight excluding hydrogens is 168 g/mol. The fourth-order valence-electron chi connectivity index (χ4n) is 0.796. The van der Waals surface area contributed by atoms with Gasteiger partial charge in [0.15, 0.2) is 0 Å². The van der Waals surface area contributed by atoms with Crippen molar-refractivity contribution in [3.8, 4) is 0 Å². The Morgan fingerprint density at radius 3 is 2.58 bits per heavy atom. The van der Waals surface area contributed by atoms with E-state index < -0.39 is 0 Å². The van der Waals surface area contributed by atoms with Crippen LogP contribution in [0.3, 0.4) is 0 Å². The fraction of sp³-hybridized carbons (Fsp3) is 0.100. The maximum absolute atomic E-state index is 10.9. The number of carbonyl (C=O) groups is 1. The minimum atomic E-state index is 0.0823. The van der Waals surface area contributed by atoms with Gasteiger partial charge in [0.05, 0.1) is 0 Å². The van der Waals surface area contributed by atoms with Gasteiger partial charge in [-0.25, -0.2) is 0 Å². The average Bonchev–Trinajstić information content (AvgIpc) is 2.16. The first-order valence-electron chi connectivity index (χ1n) is 3.64. The van der Waals surface area contributed by atoms with Crippen LogP contribution in [0.15, 0.2) is 36.4 Å². The average molecular weight is 178 g/mol.